The van der Waals surface area contributed by atoms with Crippen molar-refractivity contribution in [2.45, 2.75) is 30.7 Å². The summed E-state index contributed by atoms with van der Waals surface area (Å²) in [4.78, 5) is 2.57. The van der Waals surface area contributed by atoms with Crippen LogP contribution in [0.3, 0.4) is 0 Å². The van der Waals surface area contributed by atoms with Crippen LogP contribution in [0.5, 0.6) is 0 Å². The lowest BCUT2D eigenvalue weighted by Crippen LogP contribution is -2.43. The van der Waals surface area contributed by atoms with Crippen LogP contribution in [0.4, 0.5) is 5.69 Å². The van der Waals surface area contributed by atoms with Crippen LogP contribution in [0.15, 0.2) is 23.1 Å². The fourth-order valence-electron chi connectivity index (χ4n) is 2.60. The topological polar surface area (TPSA) is 63.4 Å². The van der Waals surface area contributed by atoms with Crippen LogP contribution in [0.1, 0.15) is 18.4 Å². The van der Waals surface area contributed by atoms with Crippen molar-refractivity contribution in [1.29, 1.82) is 0 Å². The molecule has 0 aromatic heterocycles. The molecule has 1 unspecified atom stereocenters. The van der Waals surface area contributed by atoms with E-state index in [1.807, 2.05) is 20.0 Å². The number of sulfone groups is 1. The Bertz CT molecular complexity index is 540. The van der Waals surface area contributed by atoms with Gasteiger partial charge in [0.05, 0.1) is 16.3 Å². The third-order valence-corrected chi connectivity index (χ3v) is 5.41. The van der Waals surface area contributed by atoms with E-state index in [9.17, 15) is 8.42 Å². The second-order valence-electron chi connectivity index (χ2n) is 4.90. The molecule has 1 aliphatic rings. The summed E-state index contributed by atoms with van der Waals surface area (Å²) in [6.45, 7) is 2.56. The van der Waals surface area contributed by atoms with Crippen molar-refractivity contribution in [3.8, 4) is 0 Å². The number of nitrogens with two attached hydrogens (primary N) is 1. The highest BCUT2D eigenvalue weighted by molar-refractivity contribution is 7.91. The number of nitrogens with zero attached hydrogens (tertiary/aromatic N) is 1. The zero-order valence-electron chi connectivity index (χ0n) is 10.9. The van der Waals surface area contributed by atoms with Gasteiger partial charge in [0, 0.05) is 13.1 Å². The van der Waals surface area contributed by atoms with Gasteiger partial charge in [-0.3, -0.25) is 0 Å². The van der Waals surface area contributed by atoms with Crippen molar-refractivity contribution in [2.24, 2.45) is 5.73 Å². The summed E-state index contributed by atoms with van der Waals surface area (Å²) in [7, 11) is -1.19. The molecule has 2 N–H and O–H groups in total. The molecule has 0 spiro atoms. The van der Waals surface area contributed by atoms with Crippen molar-refractivity contribution in [3.05, 3.63) is 23.8 Å². The minimum atomic E-state index is -3.16. The molecule has 0 amide bonds. The number of benzene rings is 1. The summed E-state index contributed by atoms with van der Waals surface area (Å²) in [5, 5.41) is 0. The van der Waals surface area contributed by atoms with Gasteiger partial charge in [0.1, 0.15) is 0 Å². The Morgan fingerprint density at radius 2 is 2.17 bits per heavy atom. The molecule has 1 atom stereocenters. The van der Waals surface area contributed by atoms with Crippen LogP contribution in [0.2, 0.25) is 0 Å². The lowest BCUT2D eigenvalue weighted by atomic mass is 10.1. The van der Waals surface area contributed by atoms with E-state index in [-0.39, 0.29) is 11.8 Å². The lowest BCUT2D eigenvalue weighted by molar-refractivity contribution is 0.548. The fraction of sp³-hybridized carbons (Fsp3) is 0.538. The number of rotatable bonds is 3. The van der Waals surface area contributed by atoms with Gasteiger partial charge in [-0.1, -0.05) is 12.1 Å². The molecule has 0 saturated heterocycles. The first-order valence-corrected chi connectivity index (χ1v) is 7.88. The first kappa shape index (κ1) is 13.4. The molecule has 100 valence electrons. The molecule has 2 rings (SSSR count). The van der Waals surface area contributed by atoms with Gasteiger partial charge in [-0.15, -0.1) is 0 Å². The second kappa shape index (κ2) is 4.90. The minimum Gasteiger partial charge on any atom is -0.369 e. The molecule has 0 aliphatic carbocycles. The number of para-hydroxylation sites is 1. The van der Waals surface area contributed by atoms with Gasteiger partial charge >= 0.3 is 0 Å². The van der Waals surface area contributed by atoms with Gasteiger partial charge in [0.25, 0.3) is 0 Å². The summed E-state index contributed by atoms with van der Waals surface area (Å²) >= 11 is 0. The Balaban J connectivity index is 2.46. The quantitative estimate of drug-likeness (QED) is 0.898. The van der Waals surface area contributed by atoms with E-state index in [1.54, 1.807) is 12.1 Å². The molecule has 1 heterocycles. The van der Waals surface area contributed by atoms with Gasteiger partial charge in [0.15, 0.2) is 9.84 Å². The summed E-state index contributed by atoms with van der Waals surface area (Å²) < 4.78 is 24.6. The van der Waals surface area contributed by atoms with E-state index in [1.165, 1.54) is 0 Å². The summed E-state index contributed by atoms with van der Waals surface area (Å²) in [6, 6.07) is 5.50. The second-order valence-corrected chi connectivity index (χ2v) is 6.90. The van der Waals surface area contributed by atoms with Gasteiger partial charge in [0.2, 0.25) is 0 Å². The van der Waals surface area contributed by atoms with Crippen LogP contribution in [0, 0.1) is 6.92 Å². The summed E-state index contributed by atoms with van der Waals surface area (Å²) in [5.74, 6) is 0.194. The zero-order valence-corrected chi connectivity index (χ0v) is 11.7. The van der Waals surface area contributed by atoms with Crippen molar-refractivity contribution >= 4 is 15.5 Å². The number of aryl methyl sites for hydroxylation is 1. The highest BCUT2D eigenvalue weighted by Crippen LogP contribution is 2.36. The smallest absolute Gasteiger partial charge is 0.182 e. The lowest BCUT2D eigenvalue weighted by Gasteiger charge is -2.36. The van der Waals surface area contributed by atoms with E-state index in [0.717, 1.165) is 24.1 Å². The van der Waals surface area contributed by atoms with Crippen molar-refractivity contribution in [3.63, 3.8) is 0 Å². The third kappa shape index (κ3) is 2.24. The molecule has 1 aromatic carbocycles. The van der Waals surface area contributed by atoms with Gasteiger partial charge in [-0.2, -0.15) is 0 Å². The van der Waals surface area contributed by atoms with Gasteiger partial charge in [-0.25, -0.2) is 8.42 Å². The first-order valence-electron chi connectivity index (χ1n) is 6.22. The first-order chi connectivity index (χ1) is 8.47. The summed E-state index contributed by atoms with van der Waals surface area (Å²) in [6.07, 6.45) is 1.67. The van der Waals surface area contributed by atoms with E-state index < -0.39 is 9.84 Å². The standard InChI is InChI=1S/C13H20N2O2S/c1-10-5-3-7-12-13(10)15(2)11(6-4-8-14)9-18(12,16)17/h3,5,7,11H,4,6,8-9,14H2,1-2H3. The Labute approximate surface area is 109 Å². The molecule has 0 saturated carbocycles. The average Bonchev–Trinajstić information content (AvgIpc) is 2.32. The summed E-state index contributed by atoms with van der Waals surface area (Å²) in [5.41, 5.74) is 7.38. The number of anilines is 1. The normalized spacial score (nSPS) is 21.7. The predicted octanol–water partition coefficient (Wildman–Crippen LogP) is 1.33. The van der Waals surface area contributed by atoms with E-state index >= 15 is 0 Å². The molecule has 5 heteroatoms. The maximum atomic E-state index is 12.3. The fourth-order valence-corrected chi connectivity index (χ4v) is 4.56. The number of fused-ring (bicyclic) bond motifs is 1. The Morgan fingerprint density at radius 1 is 1.44 bits per heavy atom. The van der Waals surface area contributed by atoms with Crippen molar-refractivity contribution in [1.82, 2.24) is 0 Å². The van der Waals surface area contributed by atoms with Crippen LogP contribution in [-0.4, -0.2) is 33.8 Å². The molecule has 18 heavy (non-hydrogen) atoms. The van der Waals surface area contributed by atoms with Crippen molar-refractivity contribution < 1.29 is 8.42 Å². The molecule has 1 aliphatic heterocycles. The van der Waals surface area contributed by atoms with E-state index in [4.69, 9.17) is 5.73 Å². The number of hydrogen-bond donors (Lipinski definition) is 1. The maximum absolute atomic E-state index is 12.3. The molecule has 0 fully saturated rings. The third-order valence-electron chi connectivity index (χ3n) is 3.59. The SMILES string of the molecule is Cc1cccc2c1N(C)C(CCCN)CS2(=O)=O. The highest BCUT2D eigenvalue weighted by Gasteiger charge is 2.34. The van der Waals surface area contributed by atoms with Crippen LogP contribution < -0.4 is 10.6 Å². The monoisotopic (exact) mass is 268 g/mol. The molecular formula is C13H20N2O2S. The molecular weight excluding hydrogens is 248 g/mol. The molecule has 0 radical (unpaired) electrons. The molecule has 1 aromatic rings. The Morgan fingerprint density at radius 3 is 2.83 bits per heavy atom. The van der Waals surface area contributed by atoms with E-state index in [2.05, 4.69) is 4.90 Å². The maximum Gasteiger partial charge on any atom is 0.182 e. The van der Waals surface area contributed by atoms with Crippen LogP contribution in [-0.2, 0) is 9.84 Å². The number of hydrogen-bond acceptors (Lipinski definition) is 4. The van der Waals surface area contributed by atoms with Gasteiger partial charge in [-0.05, 0) is 37.9 Å². The minimum absolute atomic E-state index is 0.0344. The highest BCUT2D eigenvalue weighted by atomic mass is 32.2. The largest absolute Gasteiger partial charge is 0.369 e. The molecule has 4 nitrogen and oxygen atoms in total. The average molecular weight is 268 g/mol. The van der Waals surface area contributed by atoms with E-state index in [0.29, 0.717) is 11.4 Å². The van der Waals surface area contributed by atoms with Gasteiger partial charge < -0.3 is 10.6 Å². The predicted molar refractivity (Wildman–Crippen MR) is 73.7 cm³/mol. The molecule has 0 bridgehead atoms. The zero-order chi connectivity index (χ0) is 13.3. The van der Waals surface area contributed by atoms with Crippen LogP contribution >= 0.6 is 0 Å². The Hall–Kier alpha value is -1.07. The van der Waals surface area contributed by atoms with Crippen LogP contribution in [0.25, 0.3) is 0 Å². The Kier molecular flexibility index (Phi) is 3.64. The van der Waals surface area contributed by atoms with Crippen molar-refractivity contribution in [2.75, 3.05) is 24.2 Å².